The summed E-state index contributed by atoms with van der Waals surface area (Å²) in [4.78, 5) is 38.3. The molecule has 0 aromatic rings. The van der Waals surface area contributed by atoms with Gasteiger partial charge in [0.25, 0.3) is 0 Å². The first-order valence-electron chi connectivity index (χ1n) is 34.2. The lowest BCUT2D eigenvalue weighted by molar-refractivity contribution is -0.166. The van der Waals surface area contributed by atoms with Crippen LogP contribution < -0.4 is 0 Å². The molecule has 0 aliphatic rings. The summed E-state index contributed by atoms with van der Waals surface area (Å²) in [6, 6.07) is 0. The van der Waals surface area contributed by atoms with Crippen molar-refractivity contribution in [2.24, 2.45) is 0 Å². The molecule has 460 valence electrons. The quantitative estimate of drug-likeness (QED) is 0.0261. The summed E-state index contributed by atoms with van der Waals surface area (Å²) in [5.74, 6) is -0.982. The zero-order chi connectivity index (χ0) is 57.8. The van der Waals surface area contributed by atoms with E-state index in [9.17, 15) is 14.4 Å². The number of hydrogen-bond acceptors (Lipinski definition) is 6. The van der Waals surface area contributed by atoms with E-state index in [0.717, 1.165) is 83.5 Å². The van der Waals surface area contributed by atoms with E-state index in [-0.39, 0.29) is 37.5 Å². The number of esters is 3. The predicted molar refractivity (Wildman–Crippen MR) is 348 cm³/mol. The van der Waals surface area contributed by atoms with Crippen molar-refractivity contribution in [1.82, 2.24) is 0 Å². The maximum Gasteiger partial charge on any atom is 0.306 e. The van der Waals surface area contributed by atoms with Crippen LogP contribution in [-0.4, -0.2) is 37.2 Å². The smallest absolute Gasteiger partial charge is 0.306 e. The molecule has 0 heterocycles. The lowest BCUT2D eigenvalue weighted by Crippen LogP contribution is -2.30. The topological polar surface area (TPSA) is 78.9 Å². The fourth-order valence-corrected chi connectivity index (χ4v) is 9.70. The summed E-state index contributed by atoms with van der Waals surface area (Å²) in [5.41, 5.74) is 0. The third kappa shape index (κ3) is 65.1. The molecule has 6 nitrogen and oxygen atoms in total. The Labute approximate surface area is 496 Å². The molecule has 0 aliphatic carbocycles. The van der Waals surface area contributed by atoms with Crippen LogP contribution in [0.2, 0.25) is 0 Å². The summed E-state index contributed by atoms with van der Waals surface area (Å²) in [6.45, 7) is 6.46. The van der Waals surface area contributed by atoms with Crippen LogP contribution in [0.3, 0.4) is 0 Å². The largest absolute Gasteiger partial charge is 0.462 e. The number of carbonyl (C=O) groups is 3. The average molecular weight is 1110 g/mol. The lowest BCUT2D eigenvalue weighted by Gasteiger charge is -2.18. The summed E-state index contributed by atoms with van der Waals surface area (Å²) in [5, 5.41) is 0. The second-order valence-electron chi connectivity index (χ2n) is 22.7. The number of carbonyl (C=O) groups excluding carboxylic acids is 3. The van der Waals surface area contributed by atoms with E-state index >= 15 is 0 Å². The molecular weight excluding hydrogens is 985 g/mol. The number of rotatable bonds is 62. The van der Waals surface area contributed by atoms with Crippen molar-refractivity contribution in [3.8, 4) is 0 Å². The van der Waals surface area contributed by atoms with Crippen LogP contribution in [0.1, 0.15) is 335 Å². The number of unbranched alkanes of at least 4 members (excludes halogenated alkanes) is 35. The van der Waals surface area contributed by atoms with E-state index in [0.29, 0.717) is 19.3 Å². The minimum absolute atomic E-state index is 0.101. The number of hydrogen-bond donors (Lipinski definition) is 0. The first-order valence-corrected chi connectivity index (χ1v) is 34.2. The first-order chi connectivity index (χ1) is 39.5. The van der Waals surface area contributed by atoms with Gasteiger partial charge in [0.2, 0.25) is 0 Å². The predicted octanol–water partition coefficient (Wildman–Crippen LogP) is 23.6. The molecule has 0 aliphatic heterocycles. The zero-order valence-corrected chi connectivity index (χ0v) is 52.8. The maximum absolute atomic E-state index is 12.9. The van der Waals surface area contributed by atoms with E-state index < -0.39 is 6.10 Å². The van der Waals surface area contributed by atoms with Crippen molar-refractivity contribution in [2.45, 2.75) is 341 Å². The molecule has 0 fully saturated rings. The van der Waals surface area contributed by atoms with Gasteiger partial charge in [-0.3, -0.25) is 14.4 Å². The van der Waals surface area contributed by atoms with Crippen LogP contribution in [0.25, 0.3) is 0 Å². The van der Waals surface area contributed by atoms with Crippen LogP contribution in [-0.2, 0) is 28.6 Å². The Morgan fingerprint density at radius 1 is 0.263 bits per heavy atom. The van der Waals surface area contributed by atoms with Crippen molar-refractivity contribution in [3.05, 3.63) is 97.2 Å². The molecule has 1 unspecified atom stereocenters. The van der Waals surface area contributed by atoms with E-state index in [4.69, 9.17) is 14.2 Å². The normalized spacial score (nSPS) is 12.7. The molecule has 0 saturated heterocycles. The van der Waals surface area contributed by atoms with Crippen molar-refractivity contribution in [2.75, 3.05) is 13.2 Å². The summed E-state index contributed by atoms with van der Waals surface area (Å²) in [7, 11) is 0. The minimum Gasteiger partial charge on any atom is -0.462 e. The molecule has 80 heavy (non-hydrogen) atoms. The zero-order valence-electron chi connectivity index (χ0n) is 52.8. The molecule has 0 bridgehead atoms. The number of ether oxygens (including phenoxy) is 3. The molecule has 0 spiro atoms. The van der Waals surface area contributed by atoms with Gasteiger partial charge in [-0.1, -0.05) is 304 Å². The molecule has 1 atom stereocenters. The average Bonchev–Trinajstić information content (AvgIpc) is 3.46. The van der Waals surface area contributed by atoms with Gasteiger partial charge < -0.3 is 14.2 Å². The Hall–Kier alpha value is -3.67. The molecule has 0 aromatic carbocycles. The van der Waals surface area contributed by atoms with Crippen molar-refractivity contribution in [1.29, 1.82) is 0 Å². The van der Waals surface area contributed by atoms with Gasteiger partial charge in [-0.2, -0.15) is 0 Å². The van der Waals surface area contributed by atoms with Crippen LogP contribution in [0.15, 0.2) is 97.2 Å². The van der Waals surface area contributed by atoms with Gasteiger partial charge in [0, 0.05) is 19.3 Å². The van der Waals surface area contributed by atoms with Gasteiger partial charge in [0.1, 0.15) is 13.2 Å². The minimum atomic E-state index is -0.811. The fraction of sp³-hybridized carbons (Fsp3) is 0.743. The molecule has 0 radical (unpaired) electrons. The second-order valence-corrected chi connectivity index (χ2v) is 22.7. The highest BCUT2D eigenvalue weighted by atomic mass is 16.6. The molecule has 0 aromatic heterocycles. The molecule has 0 saturated carbocycles. The van der Waals surface area contributed by atoms with E-state index in [2.05, 4.69) is 112 Å². The Morgan fingerprint density at radius 3 is 0.850 bits per heavy atom. The Morgan fingerprint density at radius 2 is 0.512 bits per heavy atom. The monoisotopic (exact) mass is 1110 g/mol. The van der Waals surface area contributed by atoms with E-state index in [1.165, 1.54) is 205 Å². The Balaban J connectivity index is 4.23. The van der Waals surface area contributed by atoms with Gasteiger partial charge in [0.05, 0.1) is 0 Å². The summed E-state index contributed by atoms with van der Waals surface area (Å²) in [6.07, 6.45) is 91.7. The number of allylic oxidation sites excluding steroid dienone is 16. The maximum atomic E-state index is 12.9. The molecule has 0 N–H and O–H groups in total. The lowest BCUT2D eigenvalue weighted by atomic mass is 10.0. The van der Waals surface area contributed by atoms with Crippen LogP contribution in [0.4, 0.5) is 0 Å². The summed E-state index contributed by atoms with van der Waals surface area (Å²) >= 11 is 0. The van der Waals surface area contributed by atoms with Gasteiger partial charge in [0.15, 0.2) is 6.10 Å². The third-order valence-electron chi connectivity index (χ3n) is 14.8. The van der Waals surface area contributed by atoms with Gasteiger partial charge in [-0.15, -0.1) is 0 Å². The molecule has 0 amide bonds. The third-order valence-corrected chi connectivity index (χ3v) is 14.8. The first kappa shape index (κ1) is 76.3. The van der Waals surface area contributed by atoms with E-state index in [1.807, 2.05) is 6.08 Å². The molecule has 6 heteroatoms. The second kappa shape index (κ2) is 67.8. The van der Waals surface area contributed by atoms with Crippen molar-refractivity contribution in [3.63, 3.8) is 0 Å². The standard InChI is InChI=1S/C74H128O6/c1-4-7-10-13-16-19-22-25-27-29-31-32-33-34-35-36-37-38-39-40-41-42-43-45-46-49-52-55-58-61-64-67-73(76)79-70-71(69-78-72(75)66-63-60-57-54-51-48-24-21-18-15-12-9-6-3)80-74(77)68-65-62-59-56-53-50-47-44-30-28-26-23-20-17-14-11-8-5-2/h9,12,18,20-23,25,28-31,48,51,57,60,71H,4-8,10-11,13-17,19,24,26-27,32-47,49-50,52-56,58-59,61-70H2,1-3H3/b12-9-,21-18-,23-20-,25-22-,30-28-,31-29-,51-48-,60-57-. The van der Waals surface area contributed by atoms with Crippen molar-refractivity contribution < 1.29 is 28.6 Å². The molecular formula is C74H128O6. The van der Waals surface area contributed by atoms with E-state index in [1.54, 1.807) is 0 Å². The highest BCUT2D eigenvalue weighted by Crippen LogP contribution is 2.17. The Bertz CT molecular complexity index is 1560. The van der Waals surface area contributed by atoms with Gasteiger partial charge >= 0.3 is 17.9 Å². The van der Waals surface area contributed by atoms with Gasteiger partial charge in [-0.25, -0.2) is 0 Å². The SMILES string of the molecule is CC/C=C\C/C=C\C/C=C\C/C=C\CCC(=O)OCC(COC(=O)CCCCCCCCCCCCCCCCCCCCC/C=C\C/C=C\CCCCCCC)OC(=O)CCCCCCCCC/C=C\C/C=C\CCCCCC. The highest BCUT2D eigenvalue weighted by molar-refractivity contribution is 5.71. The van der Waals surface area contributed by atoms with Crippen LogP contribution in [0, 0.1) is 0 Å². The highest BCUT2D eigenvalue weighted by Gasteiger charge is 2.19. The van der Waals surface area contributed by atoms with Crippen molar-refractivity contribution >= 4 is 17.9 Å². The Kier molecular flexibility index (Phi) is 64.7. The van der Waals surface area contributed by atoms with Crippen LogP contribution in [0.5, 0.6) is 0 Å². The fourth-order valence-electron chi connectivity index (χ4n) is 9.70. The molecule has 0 rings (SSSR count). The van der Waals surface area contributed by atoms with Crippen LogP contribution >= 0.6 is 0 Å². The summed E-state index contributed by atoms with van der Waals surface area (Å²) < 4.78 is 16.9. The van der Waals surface area contributed by atoms with Gasteiger partial charge in [-0.05, 0) is 109 Å².